The highest BCUT2D eigenvalue weighted by atomic mass is 35.5. The second-order valence-corrected chi connectivity index (χ2v) is 9.21. The molecule has 0 radical (unpaired) electrons. The highest BCUT2D eigenvalue weighted by Crippen LogP contribution is 2.31. The van der Waals surface area contributed by atoms with Gasteiger partial charge >= 0.3 is 0 Å². The number of nitrogens with zero attached hydrogens (tertiary/aromatic N) is 2. The van der Waals surface area contributed by atoms with Crippen molar-refractivity contribution in [2.24, 2.45) is 11.8 Å². The number of piperidine rings is 1. The van der Waals surface area contributed by atoms with Crippen LogP contribution in [0.4, 0.5) is 0 Å². The van der Waals surface area contributed by atoms with Crippen LogP contribution in [0, 0.1) is 11.8 Å². The molecule has 2 aliphatic heterocycles. The Kier molecular flexibility index (Phi) is 6.38. The number of ether oxygens (including phenoxy) is 1. The number of halogens is 2. The number of carbonyl (C=O) groups excluding carboxylic acids is 1. The molecule has 2 heterocycles. The third kappa shape index (κ3) is 4.14. The molecular weight excluding hydrogens is 371 g/mol. The van der Waals surface area contributed by atoms with Crippen LogP contribution in [0.1, 0.15) is 20.3 Å². The second kappa shape index (κ2) is 8.22. The zero-order chi connectivity index (χ0) is 18.9. The summed E-state index contributed by atoms with van der Waals surface area (Å²) >= 11 is 12.9. The third-order valence-electron chi connectivity index (χ3n) is 6.37. The zero-order valence-corrected chi connectivity index (χ0v) is 17.6. The summed E-state index contributed by atoms with van der Waals surface area (Å²) in [5.41, 5.74) is 1.19. The van der Waals surface area contributed by atoms with Crippen LogP contribution >= 0.6 is 23.2 Å². The maximum Gasteiger partial charge on any atom is 0.149 e. The molecular formula is C20H31Cl2N2O2+. The summed E-state index contributed by atoms with van der Waals surface area (Å²) in [7, 11) is 1.63. The largest absolute Gasteiger partial charge is 0.499 e. The highest BCUT2D eigenvalue weighted by Gasteiger charge is 2.43. The Hall–Kier alpha value is -0.550. The Bertz CT molecular complexity index is 581. The van der Waals surface area contributed by atoms with Crippen LogP contribution in [-0.4, -0.2) is 78.8 Å². The van der Waals surface area contributed by atoms with E-state index in [1.54, 1.807) is 7.11 Å². The number of hydrogen-bond donors (Lipinski definition) is 0. The van der Waals surface area contributed by atoms with Gasteiger partial charge in [0.15, 0.2) is 0 Å². The van der Waals surface area contributed by atoms with Gasteiger partial charge in [0.1, 0.15) is 16.9 Å². The van der Waals surface area contributed by atoms with Crippen molar-refractivity contribution in [2.45, 2.75) is 31.0 Å². The molecule has 0 N–H and O–H groups in total. The van der Waals surface area contributed by atoms with Crippen LogP contribution in [-0.2, 0) is 9.53 Å². The van der Waals surface area contributed by atoms with E-state index in [4.69, 9.17) is 27.9 Å². The first-order valence-corrected chi connectivity index (χ1v) is 10.6. The van der Waals surface area contributed by atoms with Crippen molar-refractivity contribution in [3.05, 3.63) is 23.5 Å². The fraction of sp³-hybridized carbons (Fsp3) is 0.750. The normalized spacial score (nSPS) is 35.2. The van der Waals surface area contributed by atoms with Crippen molar-refractivity contribution in [3.63, 3.8) is 0 Å². The first-order chi connectivity index (χ1) is 12.3. The van der Waals surface area contributed by atoms with E-state index in [2.05, 4.69) is 24.8 Å². The zero-order valence-electron chi connectivity index (χ0n) is 16.1. The first kappa shape index (κ1) is 20.2. The number of quaternary nitrogens is 1. The summed E-state index contributed by atoms with van der Waals surface area (Å²) in [5.74, 6) is 1.60. The Morgan fingerprint density at radius 1 is 1.12 bits per heavy atom. The number of piperazine rings is 1. The van der Waals surface area contributed by atoms with E-state index in [0.717, 1.165) is 62.5 Å². The molecule has 4 nitrogen and oxygen atoms in total. The molecule has 2 saturated heterocycles. The molecule has 6 heteroatoms. The molecule has 0 amide bonds. The van der Waals surface area contributed by atoms with E-state index in [9.17, 15) is 4.79 Å². The number of allylic oxidation sites excluding steroid dienone is 3. The topological polar surface area (TPSA) is 29.5 Å². The Morgan fingerprint density at radius 3 is 2.31 bits per heavy atom. The van der Waals surface area contributed by atoms with Crippen molar-refractivity contribution in [1.29, 1.82) is 0 Å². The maximum absolute atomic E-state index is 12.1. The van der Waals surface area contributed by atoms with Crippen LogP contribution in [0.5, 0.6) is 0 Å². The Morgan fingerprint density at radius 2 is 1.73 bits per heavy atom. The van der Waals surface area contributed by atoms with E-state index < -0.39 is 0 Å². The van der Waals surface area contributed by atoms with Crippen molar-refractivity contribution in [1.82, 2.24) is 4.90 Å². The molecule has 0 saturated carbocycles. The van der Waals surface area contributed by atoms with E-state index in [1.807, 2.05) is 6.08 Å². The van der Waals surface area contributed by atoms with Crippen LogP contribution in [0.15, 0.2) is 23.5 Å². The molecule has 3 aliphatic rings. The summed E-state index contributed by atoms with van der Waals surface area (Å²) < 4.78 is 6.39. The van der Waals surface area contributed by atoms with Crippen molar-refractivity contribution < 1.29 is 14.0 Å². The molecule has 26 heavy (non-hydrogen) atoms. The molecule has 2 fully saturated rings. The van der Waals surface area contributed by atoms with Gasteiger partial charge in [-0.3, -0.25) is 9.69 Å². The summed E-state index contributed by atoms with van der Waals surface area (Å²) in [6.07, 6.45) is 4.94. The number of ketones is 1. The molecule has 4 atom stereocenters. The van der Waals surface area contributed by atoms with Gasteiger partial charge in [-0.15, -0.1) is 23.2 Å². The summed E-state index contributed by atoms with van der Waals surface area (Å²) in [6, 6.07) is 0. The van der Waals surface area contributed by atoms with Gasteiger partial charge in [-0.2, -0.15) is 0 Å². The van der Waals surface area contributed by atoms with E-state index >= 15 is 0 Å². The lowest BCUT2D eigenvalue weighted by Crippen LogP contribution is -2.66. The maximum atomic E-state index is 12.1. The smallest absolute Gasteiger partial charge is 0.149 e. The minimum absolute atomic E-state index is 0.199. The second-order valence-electron chi connectivity index (χ2n) is 8.27. The minimum atomic E-state index is -0.286. The van der Waals surface area contributed by atoms with Crippen LogP contribution in [0.2, 0.25) is 0 Å². The molecule has 3 rings (SSSR count). The SMILES string of the molecule is COC1=CC=C(CCN2CC[N+]3(CC2)CC(C)C(=O)C(C)C3)C(Cl)C1Cl. The molecule has 0 bridgehead atoms. The molecule has 0 aromatic rings. The lowest BCUT2D eigenvalue weighted by molar-refractivity contribution is -0.938. The van der Waals surface area contributed by atoms with Crippen LogP contribution in [0.3, 0.4) is 0 Å². The fourth-order valence-electron chi connectivity index (χ4n) is 4.82. The lowest BCUT2D eigenvalue weighted by atomic mass is 9.87. The van der Waals surface area contributed by atoms with Gasteiger partial charge in [-0.25, -0.2) is 0 Å². The average molecular weight is 402 g/mol. The number of hydrogen-bond acceptors (Lipinski definition) is 3. The first-order valence-electron chi connectivity index (χ1n) is 9.69. The number of carbonyl (C=O) groups is 1. The van der Waals surface area contributed by atoms with E-state index in [-0.39, 0.29) is 22.6 Å². The van der Waals surface area contributed by atoms with Crippen LogP contribution < -0.4 is 0 Å². The average Bonchev–Trinajstić information content (AvgIpc) is 2.62. The van der Waals surface area contributed by atoms with Gasteiger partial charge in [0, 0.05) is 19.6 Å². The molecule has 146 valence electrons. The van der Waals surface area contributed by atoms with Crippen LogP contribution in [0.25, 0.3) is 0 Å². The standard InChI is InChI=1S/C20H31Cl2N2O2/c1-14-12-24(13-15(2)20(14)25)10-8-23(9-11-24)7-6-16-4-5-17(26-3)19(22)18(16)21/h4-5,14-15,18-19H,6-13H2,1-3H3/q+1. The number of rotatable bonds is 4. The summed E-state index contributed by atoms with van der Waals surface area (Å²) in [4.78, 5) is 14.7. The monoisotopic (exact) mass is 401 g/mol. The van der Waals surface area contributed by atoms with Crippen molar-refractivity contribution >= 4 is 29.0 Å². The number of methoxy groups -OCH3 is 1. The molecule has 1 spiro atoms. The van der Waals surface area contributed by atoms with E-state index in [0.29, 0.717) is 5.78 Å². The summed E-state index contributed by atoms with van der Waals surface area (Å²) in [5, 5.41) is -0.486. The van der Waals surface area contributed by atoms with Gasteiger partial charge in [0.25, 0.3) is 0 Å². The molecule has 0 aromatic heterocycles. The number of Topliss-reactive ketones (excluding diaryl/α,β-unsaturated/α-hetero) is 1. The van der Waals surface area contributed by atoms with Crippen molar-refractivity contribution in [3.8, 4) is 0 Å². The highest BCUT2D eigenvalue weighted by molar-refractivity contribution is 6.32. The van der Waals surface area contributed by atoms with Gasteiger partial charge in [0.05, 0.1) is 50.5 Å². The van der Waals surface area contributed by atoms with Gasteiger partial charge < -0.3 is 9.22 Å². The summed E-state index contributed by atoms with van der Waals surface area (Å²) in [6.45, 7) is 11.7. The molecule has 0 aromatic carbocycles. The van der Waals surface area contributed by atoms with Gasteiger partial charge in [0.2, 0.25) is 0 Å². The van der Waals surface area contributed by atoms with Gasteiger partial charge in [-0.05, 0) is 18.1 Å². The predicted molar refractivity (Wildman–Crippen MR) is 107 cm³/mol. The predicted octanol–water partition coefficient (Wildman–Crippen LogP) is 3.05. The number of alkyl halides is 2. The van der Waals surface area contributed by atoms with Crippen molar-refractivity contribution in [2.75, 3.05) is 52.9 Å². The quantitative estimate of drug-likeness (QED) is 0.535. The van der Waals surface area contributed by atoms with E-state index in [1.165, 1.54) is 5.57 Å². The lowest BCUT2D eigenvalue weighted by Gasteiger charge is -2.49. The fourth-order valence-corrected chi connectivity index (χ4v) is 5.45. The Labute approximate surface area is 167 Å². The molecule has 1 aliphatic carbocycles. The minimum Gasteiger partial charge on any atom is -0.499 e. The Balaban J connectivity index is 1.51. The van der Waals surface area contributed by atoms with Gasteiger partial charge in [-0.1, -0.05) is 19.9 Å². The third-order valence-corrected chi connectivity index (χ3v) is 7.50. The molecule has 4 unspecified atom stereocenters.